The molecular weight excluding hydrogens is 256 g/mol. The number of nitrogens with one attached hydrogen (secondary N) is 2. The minimum atomic E-state index is -1.01. The lowest BCUT2D eigenvalue weighted by Gasteiger charge is -2.19. The highest BCUT2D eigenvalue weighted by atomic mass is 16.4. The average Bonchev–Trinajstić information content (AvgIpc) is 2.41. The molecule has 1 aromatic carbocycles. The summed E-state index contributed by atoms with van der Waals surface area (Å²) in [5, 5.41) is 14.7. The van der Waals surface area contributed by atoms with Gasteiger partial charge in [-0.15, -0.1) is 0 Å². The Morgan fingerprint density at radius 2 is 1.90 bits per heavy atom. The van der Waals surface area contributed by atoms with Gasteiger partial charge in [-0.05, 0) is 37.6 Å². The first-order chi connectivity index (χ1) is 9.47. The van der Waals surface area contributed by atoms with Gasteiger partial charge in [0.25, 0.3) is 5.91 Å². The lowest BCUT2D eigenvalue weighted by Crippen LogP contribution is -2.44. The second-order valence-corrected chi connectivity index (χ2v) is 5.04. The molecule has 0 fully saturated rings. The van der Waals surface area contributed by atoms with Crippen molar-refractivity contribution in [3.63, 3.8) is 0 Å². The van der Waals surface area contributed by atoms with Crippen LogP contribution in [0.25, 0.3) is 0 Å². The third-order valence-corrected chi connectivity index (χ3v) is 3.13. The first-order valence-electron chi connectivity index (χ1n) is 6.73. The number of carbonyl (C=O) groups is 2. The van der Waals surface area contributed by atoms with Gasteiger partial charge in [-0.3, -0.25) is 4.79 Å². The molecule has 0 aliphatic carbocycles. The molecule has 5 heteroatoms. The van der Waals surface area contributed by atoms with Gasteiger partial charge in [0.2, 0.25) is 0 Å². The Morgan fingerprint density at radius 1 is 1.25 bits per heavy atom. The Bertz CT molecular complexity index is 472. The summed E-state index contributed by atoms with van der Waals surface area (Å²) >= 11 is 0. The highest BCUT2D eigenvalue weighted by molar-refractivity contribution is 5.97. The van der Waals surface area contributed by atoms with E-state index in [1.807, 2.05) is 19.2 Å². The van der Waals surface area contributed by atoms with Crippen LogP contribution >= 0.6 is 0 Å². The van der Waals surface area contributed by atoms with Gasteiger partial charge in [-0.25, -0.2) is 4.79 Å². The summed E-state index contributed by atoms with van der Waals surface area (Å²) in [6.07, 6.45) is 0.722. The van der Waals surface area contributed by atoms with Crippen LogP contribution in [0.1, 0.15) is 29.8 Å². The van der Waals surface area contributed by atoms with Gasteiger partial charge in [-0.2, -0.15) is 0 Å². The highest BCUT2D eigenvalue weighted by Crippen LogP contribution is 2.11. The van der Waals surface area contributed by atoms with Crippen LogP contribution in [0.15, 0.2) is 24.3 Å². The van der Waals surface area contributed by atoms with E-state index < -0.39 is 12.0 Å². The first kappa shape index (κ1) is 16.2. The van der Waals surface area contributed by atoms with Gasteiger partial charge in [-0.1, -0.05) is 32.0 Å². The molecule has 0 aliphatic rings. The summed E-state index contributed by atoms with van der Waals surface area (Å²) in [7, 11) is 1.85. The van der Waals surface area contributed by atoms with E-state index in [9.17, 15) is 9.59 Å². The Morgan fingerprint density at radius 3 is 2.45 bits per heavy atom. The van der Waals surface area contributed by atoms with E-state index >= 15 is 0 Å². The minimum Gasteiger partial charge on any atom is -0.480 e. The number of benzene rings is 1. The zero-order chi connectivity index (χ0) is 15.1. The monoisotopic (exact) mass is 278 g/mol. The van der Waals surface area contributed by atoms with Crippen molar-refractivity contribution in [1.82, 2.24) is 10.6 Å². The van der Waals surface area contributed by atoms with Crippen molar-refractivity contribution in [2.24, 2.45) is 5.92 Å². The van der Waals surface area contributed by atoms with Crippen LogP contribution in [-0.4, -0.2) is 36.6 Å². The van der Waals surface area contributed by atoms with Gasteiger partial charge >= 0.3 is 5.97 Å². The number of likely N-dealkylation sites (N-methyl/N-ethyl adjacent to an activating group) is 1. The normalized spacial score (nSPS) is 12.2. The molecule has 0 heterocycles. The predicted octanol–water partition coefficient (Wildman–Crippen LogP) is 1.29. The Hall–Kier alpha value is -1.88. The molecule has 20 heavy (non-hydrogen) atoms. The number of aliphatic carboxylic acids is 1. The maximum atomic E-state index is 12.3. The molecular formula is C15H22N2O3. The van der Waals surface area contributed by atoms with E-state index in [1.165, 1.54) is 0 Å². The van der Waals surface area contributed by atoms with E-state index in [0.29, 0.717) is 5.56 Å². The Labute approximate surface area is 119 Å². The molecule has 0 radical (unpaired) electrons. The highest BCUT2D eigenvalue weighted by Gasteiger charge is 2.24. The Balaban J connectivity index is 2.88. The van der Waals surface area contributed by atoms with E-state index in [2.05, 4.69) is 10.6 Å². The molecule has 1 aromatic rings. The van der Waals surface area contributed by atoms with Crippen LogP contribution in [0, 0.1) is 5.92 Å². The summed E-state index contributed by atoms with van der Waals surface area (Å²) in [5.41, 5.74) is 1.45. The molecule has 0 aliphatic heterocycles. The molecule has 0 aromatic heterocycles. The number of carbonyl (C=O) groups excluding carboxylic acids is 1. The van der Waals surface area contributed by atoms with Crippen LogP contribution in [0.2, 0.25) is 0 Å². The van der Waals surface area contributed by atoms with Crippen molar-refractivity contribution in [3.05, 3.63) is 35.4 Å². The predicted molar refractivity (Wildman–Crippen MR) is 77.8 cm³/mol. The minimum absolute atomic E-state index is 0.166. The van der Waals surface area contributed by atoms with Crippen LogP contribution in [0.3, 0.4) is 0 Å². The summed E-state index contributed by atoms with van der Waals surface area (Å²) in [5.74, 6) is -1.51. The van der Waals surface area contributed by atoms with Gasteiger partial charge in [0.15, 0.2) is 0 Å². The second-order valence-electron chi connectivity index (χ2n) is 5.04. The SMILES string of the molecule is CNCCc1ccccc1C(=O)N[C@@H](C(=O)O)C(C)C. The summed E-state index contributed by atoms with van der Waals surface area (Å²) in [6.45, 7) is 4.30. The topological polar surface area (TPSA) is 78.4 Å². The van der Waals surface area contributed by atoms with Crippen molar-refractivity contribution in [2.75, 3.05) is 13.6 Å². The van der Waals surface area contributed by atoms with Crippen LogP contribution in [0.4, 0.5) is 0 Å². The smallest absolute Gasteiger partial charge is 0.326 e. The van der Waals surface area contributed by atoms with Crippen LogP contribution in [-0.2, 0) is 11.2 Å². The van der Waals surface area contributed by atoms with Crippen molar-refractivity contribution in [1.29, 1.82) is 0 Å². The molecule has 0 saturated carbocycles. The van der Waals surface area contributed by atoms with E-state index in [4.69, 9.17) is 5.11 Å². The standard InChI is InChI=1S/C15H22N2O3/c1-10(2)13(15(19)20)17-14(18)12-7-5-4-6-11(12)8-9-16-3/h4-7,10,13,16H,8-9H2,1-3H3,(H,17,18)(H,19,20)/t13-/m1/s1. The van der Waals surface area contributed by atoms with Crippen LogP contribution in [0.5, 0.6) is 0 Å². The lowest BCUT2D eigenvalue weighted by molar-refractivity contribution is -0.140. The number of hydrogen-bond acceptors (Lipinski definition) is 3. The molecule has 0 bridgehead atoms. The zero-order valence-corrected chi connectivity index (χ0v) is 12.1. The molecule has 1 amide bonds. The molecule has 0 spiro atoms. The van der Waals surface area contributed by atoms with E-state index in [0.717, 1.165) is 18.5 Å². The van der Waals surface area contributed by atoms with Gasteiger partial charge in [0, 0.05) is 5.56 Å². The lowest BCUT2D eigenvalue weighted by atomic mass is 10.0. The number of amides is 1. The van der Waals surface area contributed by atoms with Gasteiger partial charge in [0.05, 0.1) is 0 Å². The van der Waals surface area contributed by atoms with Crippen LogP contribution < -0.4 is 10.6 Å². The Kier molecular flexibility index (Phi) is 6.18. The number of carboxylic acid groups (broad SMARTS) is 1. The zero-order valence-electron chi connectivity index (χ0n) is 12.1. The van der Waals surface area contributed by atoms with Crippen molar-refractivity contribution in [3.8, 4) is 0 Å². The van der Waals surface area contributed by atoms with E-state index in [-0.39, 0.29) is 11.8 Å². The number of hydrogen-bond donors (Lipinski definition) is 3. The molecule has 1 atom stereocenters. The summed E-state index contributed by atoms with van der Waals surface area (Å²) in [4.78, 5) is 23.4. The maximum absolute atomic E-state index is 12.3. The largest absolute Gasteiger partial charge is 0.480 e. The average molecular weight is 278 g/mol. The van der Waals surface area contributed by atoms with Gasteiger partial charge in [0.1, 0.15) is 6.04 Å². The fraction of sp³-hybridized carbons (Fsp3) is 0.467. The van der Waals surface area contributed by atoms with E-state index in [1.54, 1.807) is 26.0 Å². The molecule has 5 nitrogen and oxygen atoms in total. The van der Waals surface area contributed by atoms with Gasteiger partial charge < -0.3 is 15.7 Å². The number of carboxylic acids is 1. The third-order valence-electron chi connectivity index (χ3n) is 3.13. The van der Waals surface area contributed by atoms with Crippen molar-refractivity contribution in [2.45, 2.75) is 26.3 Å². The quantitative estimate of drug-likeness (QED) is 0.702. The molecule has 1 rings (SSSR count). The summed E-state index contributed by atoms with van der Waals surface area (Å²) in [6, 6.07) is 6.39. The number of rotatable bonds is 7. The van der Waals surface area contributed by atoms with Crippen molar-refractivity contribution >= 4 is 11.9 Å². The maximum Gasteiger partial charge on any atom is 0.326 e. The molecule has 110 valence electrons. The fourth-order valence-corrected chi connectivity index (χ4v) is 1.95. The first-order valence-corrected chi connectivity index (χ1v) is 6.73. The van der Waals surface area contributed by atoms with Crippen molar-refractivity contribution < 1.29 is 14.7 Å². The summed E-state index contributed by atoms with van der Waals surface area (Å²) < 4.78 is 0. The molecule has 3 N–H and O–H groups in total. The molecule has 0 saturated heterocycles. The molecule has 0 unspecified atom stereocenters. The third kappa shape index (κ3) is 4.35. The second kappa shape index (κ2) is 7.65. The fourth-order valence-electron chi connectivity index (χ4n) is 1.95.